The van der Waals surface area contributed by atoms with Crippen molar-refractivity contribution < 1.29 is 4.79 Å². The Hall–Kier alpha value is -0.810. The van der Waals surface area contributed by atoms with E-state index in [1.54, 1.807) is 0 Å². The summed E-state index contributed by atoms with van der Waals surface area (Å²) in [6.07, 6.45) is 7.40. The van der Waals surface area contributed by atoms with E-state index in [0.29, 0.717) is 12.1 Å². The summed E-state index contributed by atoms with van der Waals surface area (Å²) >= 11 is 0. The van der Waals surface area contributed by atoms with Gasteiger partial charge in [0.25, 0.3) is 0 Å². The second-order valence-electron chi connectivity index (χ2n) is 7.00. The molecule has 3 rings (SSSR count). The fraction of sp³-hybridized carbons (Fsp3) is 0.632. The smallest absolute Gasteiger partial charge is 0.244 e. The highest BCUT2D eigenvalue weighted by Gasteiger charge is 2.36. The zero-order chi connectivity index (χ0) is 16.2. The molecule has 142 valence electrons. The van der Waals surface area contributed by atoms with Crippen molar-refractivity contribution in [3.05, 3.63) is 35.9 Å². The molecular weight excluding hydrogens is 357 g/mol. The molecule has 6 heteroatoms. The van der Waals surface area contributed by atoms with Gasteiger partial charge in [-0.2, -0.15) is 0 Å². The highest BCUT2D eigenvalue weighted by Crippen LogP contribution is 2.30. The van der Waals surface area contributed by atoms with E-state index in [0.717, 1.165) is 12.0 Å². The molecule has 2 N–H and O–H groups in total. The van der Waals surface area contributed by atoms with Crippen LogP contribution in [0.3, 0.4) is 0 Å². The molecule has 2 fully saturated rings. The zero-order valence-electron chi connectivity index (χ0n) is 15.0. The molecule has 1 saturated carbocycles. The van der Waals surface area contributed by atoms with Crippen LogP contribution in [-0.4, -0.2) is 47.9 Å². The number of hydrogen-bond acceptors (Lipinski definition) is 3. The van der Waals surface area contributed by atoms with Crippen LogP contribution < -0.4 is 5.73 Å². The highest BCUT2D eigenvalue weighted by molar-refractivity contribution is 5.85. The molecule has 4 nitrogen and oxygen atoms in total. The first-order valence-corrected chi connectivity index (χ1v) is 8.99. The van der Waals surface area contributed by atoms with Crippen LogP contribution in [0.4, 0.5) is 0 Å². The van der Waals surface area contributed by atoms with E-state index in [4.69, 9.17) is 5.73 Å². The lowest BCUT2D eigenvalue weighted by Crippen LogP contribution is -2.54. The summed E-state index contributed by atoms with van der Waals surface area (Å²) < 4.78 is 0. The van der Waals surface area contributed by atoms with Crippen LogP contribution in [-0.2, 0) is 4.79 Å². The third-order valence-electron chi connectivity index (χ3n) is 5.57. The first kappa shape index (κ1) is 22.2. The van der Waals surface area contributed by atoms with Gasteiger partial charge in [0, 0.05) is 19.1 Å². The lowest BCUT2D eigenvalue weighted by Gasteiger charge is -2.43. The minimum absolute atomic E-state index is 0. The summed E-state index contributed by atoms with van der Waals surface area (Å²) in [7, 11) is 1.95. The molecule has 1 amide bonds. The topological polar surface area (TPSA) is 49.6 Å². The molecule has 0 radical (unpaired) electrons. The van der Waals surface area contributed by atoms with E-state index < -0.39 is 6.04 Å². The van der Waals surface area contributed by atoms with Gasteiger partial charge < -0.3 is 10.6 Å². The standard InChI is InChI=1S/C19H29N3O.2ClH/c1-21(19(23)18(20)15-9-3-2-4-10-15)16-11-5-6-12-17(16)22-13-7-8-14-22;;/h2-4,9-10,16-18H,5-8,11-14,20H2,1H3;2*1H/t16-,17-,18+;;/m0../s1. The summed E-state index contributed by atoms with van der Waals surface area (Å²) in [5.41, 5.74) is 7.14. The summed E-state index contributed by atoms with van der Waals surface area (Å²) in [4.78, 5) is 17.4. The van der Waals surface area contributed by atoms with Gasteiger partial charge in [-0.15, -0.1) is 24.8 Å². The fourth-order valence-corrected chi connectivity index (χ4v) is 4.23. The van der Waals surface area contributed by atoms with E-state index in [1.807, 2.05) is 42.3 Å². The van der Waals surface area contributed by atoms with E-state index in [-0.39, 0.29) is 30.7 Å². The highest BCUT2D eigenvalue weighted by atomic mass is 35.5. The number of rotatable bonds is 4. The number of carbonyl (C=O) groups is 1. The van der Waals surface area contributed by atoms with Crippen molar-refractivity contribution >= 4 is 30.7 Å². The van der Waals surface area contributed by atoms with Crippen LogP contribution in [0.1, 0.15) is 50.1 Å². The Morgan fingerprint density at radius 2 is 1.68 bits per heavy atom. The Balaban J connectivity index is 0.00000156. The Morgan fingerprint density at radius 1 is 1.08 bits per heavy atom. The van der Waals surface area contributed by atoms with Crippen LogP contribution in [0.2, 0.25) is 0 Å². The number of hydrogen-bond donors (Lipinski definition) is 1. The molecule has 1 aliphatic carbocycles. The number of nitrogens with zero attached hydrogens (tertiary/aromatic N) is 2. The van der Waals surface area contributed by atoms with Crippen molar-refractivity contribution in [1.82, 2.24) is 9.80 Å². The van der Waals surface area contributed by atoms with Crippen molar-refractivity contribution in [2.24, 2.45) is 5.73 Å². The summed E-state index contributed by atoms with van der Waals surface area (Å²) in [5, 5.41) is 0. The number of likely N-dealkylation sites (tertiary alicyclic amines) is 1. The van der Waals surface area contributed by atoms with Gasteiger partial charge in [0.05, 0.1) is 0 Å². The maximum Gasteiger partial charge on any atom is 0.244 e. The van der Waals surface area contributed by atoms with Crippen LogP contribution in [0.15, 0.2) is 30.3 Å². The van der Waals surface area contributed by atoms with E-state index >= 15 is 0 Å². The first-order valence-electron chi connectivity index (χ1n) is 8.99. The Bertz CT molecular complexity index is 523. The van der Waals surface area contributed by atoms with Crippen LogP contribution in [0.25, 0.3) is 0 Å². The molecule has 3 atom stereocenters. The van der Waals surface area contributed by atoms with Crippen molar-refractivity contribution in [3.8, 4) is 0 Å². The Labute approximate surface area is 163 Å². The van der Waals surface area contributed by atoms with E-state index in [2.05, 4.69) is 4.90 Å². The number of amides is 1. The fourth-order valence-electron chi connectivity index (χ4n) is 4.23. The number of likely N-dealkylation sites (N-methyl/N-ethyl adjacent to an activating group) is 1. The van der Waals surface area contributed by atoms with Crippen molar-refractivity contribution in [2.45, 2.75) is 56.7 Å². The normalized spacial score (nSPS) is 24.7. The van der Waals surface area contributed by atoms with E-state index in [9.17, 15) is 4.79 Å². The maximum absolute atomic E-state index is 12.9. The van der Waals surface area contributed by atoms with Crippen LogP contribution in [0.5, 0.6) is 0 Å². The maximum atomic E-state index is 12.9. The monoisotopic (exact) mass is 387 g/mol. The van der Waals surface area contributed by atoms with E-state index in [1.165, 1.54) is 45.2 Å². The molecule has 0 bridgehead atoms. The quantitative estimate of drug-likeness (QED) is 0.860. The summed E-state index contributed by atoms with van der Waals surface area (Å²) in [5.74, 6) is 0.0484. The second-order valence-corrected chi connectivity index (χ2v) is 7.00. The molecule has 0 spiro atoms. The molecule has 25 heavy (non-hydrogen) atoms. The van der Waals surface area contributed by atoms with Gasteiger partial charge in [-0.05, 0) is 44.3 Å². The predicted octanol–water partition coefficient (Wildman–Crippen LogP) is 3.40. The summed E-state index contributed by atoms with van der Waals surface area (Å²) in [6.45, 7) is 2.38. The summed E-state index contributed by atoms with van der Waals surface area (Å²) in [6, 6.07) is 9.99. The lowest BCUT2D eigenvalue weighted by atomic mass is 9.88. The molecule has 1 heterocycles. The van der Waals surface area contributed by atoms with Gasteiger partial charge in [-0.25, -0.2) is 0 Å². The van der Waals surface area contributed by atoms with Gasteiger partial charge in [0.15, 0.2) is 0 Å². The minimum Gasteiger partial charge on any atom is -0.340 e. The zero-order valence-corrected chi connectivity index (χ0v) is 16.6. The predicted molar refractivity (Wildman–Crippen MR) is 107 cm³/mol. The number of nitrogens with two attached hydrogens (primary N) is 1. The largest absolute Gasteiger partial charge is 0.340 e. The van der Waals surface area contributed by atoms with Crippen molar-refractivity contribution in [3.63, 3.8) is 0 Å². The average Bonchev–Trinajstić information content (AvgIpc) is 3.15. The molecule has 2 aliphatic rings. The third-order valence-corrected chi connectivity index (χ3v) is 5.57. The SMILES string of the molecule is CN(C(=O)[C@H](N)c1ccccc1)[C@H]1CCCC[C@@H]1N1CCCC1.Cl.Cl. The number of carbonyl (C=O) groups excluding carboxylic acids is 1. The molecule has 1 aromatic rings. The average molecular weight is 388 g/mol. The second kappa shape index (κ2) is 10.4. The minimum atomic E-state index is -0.553. The molecule has 0 unspecified atom stereocenters. The molecule has 1 aromatic carbocycles. The number of benzene rings is 1. The molecule has 0 aromatic heterocycles. The molecular formula is C19H31Cl2N3O. The third kappa shape index (κ3) is 5.10. The Kier molecular flexibility index (Phi) is 9.22. The van der Waals surface area contributed by atoms with Gasteiger partial charge in [0.2, 0.25) is 5.91 Å². The lowest BCUT2D eigenvalue weighted by molar-refractivity contribution is -0.135. The van der Waals surface area contributed by atoms with Crippen LogP contribution in [0, 0.1) is 0 Å². The molecule has 1 aliphatic heterocycles. The van der Waals surface area contributed by atoms with Gasteiger partial charge >= 0.3 is 0 Å². The van der Waals surface area contributed by atoms with Gasteiger partial charge in [0.1, 0.15) is 6.04 Å². The molecule has 1 saturated heterocycles. The Morgan fingerprint density at radius 3 is 2.32 bits per heavy atom. The number of halogens is 2. The van der Waals surface area contributed by atoms with Crippen LogP contribution >= 0.6 is 24.8 Å². The van der Waals surface area contributed by atoms with Gasteiger partial charge in [-0.1, -0.05) is 43.2 Å². The first-order chi connectivity index (χ1) is 11.2. The van der Waals surface area contributed by atoms with Gasteiger partial charge in [-0.3, -0.25) is 9.69 Å². The van der Waals surface area contributed by atoms with Crippen molar-refractivity contribution in [2.75, 3.05) is 20.1 Å². The van der Waals surface area contributed by atoms with Crippen molar-refractivity contribution in [1.29, 1.82) is 0 Å².